The molecule has 0 saturated heterocycles. The third-order valence-electron chi connectivity index (χ3n) is 3.66. The minimum atomic E-state index is 0.372. The molecule has 0 aliphatic rings. The number of nitrogens with one attached hydrogen (secondary N) is 1. The van der Waals surface area contributed by atoms with Gasteiger partial charge in [-0.2, -0.15) is 0 Å². The van der Waals surface area contributed by atoms with E-state index in [9.17, 15) is 0 Å². The molecule has 2 rings (SSSR count). The second-order valence-electron chi connectivity index (χ2n) is 5.49. The first kappa shape index (κ1) is 16.2. The summed E-state index contributed by atoms with van der Waals surface area (Å²) in [5.41, 5.74) is 2.50. The molecule has 1 N–H and O–H groups in total. The fourth-order valence-corrected chi connectivity index (χ4v) is 2.82. The summed E-state index contributed by atoms with van der Waals surface area (Å²) in [5.74, 6) is 0.493. The summed E-state index contributed by atoms with van der Waals surface area (Å²) in [6.07, 6.45) is 4.00. The SMILES string of the molecule is CCCNC(c1ccccc1)C(C)Cc1ccc(Br)cn1. The number of halogens is 1. The molecule has 2 aromatic rings. The summed E-state index contributed by atoms with van der Waals surface area (Å²) in [7, 11) is 0. The summed E-state index contributed by atoms with van der Waals surface area (Å²) < 4.78 is 1.03. The minimum absolute atomic E-state index is 0.372. The summed E-state index contributed by atoms with van der Waals surface area (Å²) >= 11 is 3.44. The Kier molecular flexibility index (Phi) is 6.40. The average Bonchev–Trinajstić information content (AvgIpc) is 2.51. The van der Waals surface area contributed by atoms with E-state index < -0.39 is 0 Å². The van der Waals surface area contributed by atoms with E-state index in [4.69, 9.17) is 0 Å². The number of aromatic nitrogens is 1. The number of rotatable bonds is 7. The van der Waals surface area contributed by atoms with Crippen LogP contribution in [0.5, 0.6) is 0 Å². The van der Waals surface area contributed by atoms with Gasteiger partial charge in [-0.25, -0.2) is 0 Å². The van der Waals surface area contributed by atoms with Crippen molar-refractivity contribution in [1.82, 2.24) is 10.3 Å². The molecule has 0 spiro atoms. The number of benzene rings is 1. The zero-order valence-electron chi connectivity index (χ0n) is 12.7. The third-order valence-corrected chi connectivity index (χ3v) is 4.13. The first-order chi connectivity index (χ1) is 10.2. The highest BCUT2D eigenvalue weighted by atomic mass is 79.9. The highest BCUT2D eigenvalue weighted by Crippen LogP contribution is 2.25. The van der Waals surface area contributed by atoms with Gasteiger partial charge in [-0.15, -0.1) is 0 Å². The van der Waals surface area contributed by atoms with Gasteiger partial charge in [0.15, 0.2) is 0 Å². The van der Waals surface area contributed by atoms with Crippen molar-refractivity contribution in [3.63, 3.8) is 0 Å². The second kappa shape index (κ2) is 8.30. The van der Waals surface area contributed by atoms with E-state index in [1.54, 1.807) is 0 Å². The molecule has 1 heterocycles. The van der Waals surface area contributed by atoms with Gasteiger partial charge >= 0.3 is 0 Å². The van der Waals surface area contributed by atoms with Crippen molar-refractivity contribution in [2.24, 2.45) is 5.92 Å². The van der Waals surface area contributed by atoms with E-state index in [-0.39, 0.29) is 0 Å². The molecule has 2 atom stereocenters. The van der Waals surface area contributed by atoms with Crippen LogP contribution in [0.3, 0.4) is 0 Å². The number of pyridine rings is 1. The molecular formula is C18H23BrN2. The van der Waals surface area contributed by atoms with Crippen molar-refractivity contribution < 1.29 is 0 Å². The fraction of sp³-hybridized carbons (Fsp3) is 0.389. The van der Waals surface area contributed by atoms with Gasteiger partial charge in [0.25, 0.3) is 0 Å². The number of nitrogens with zero attached hydrogens (tertiary/aromatic N) is 1. The maximum Gasteiger partial charge on any atom is 0.0413 e. The molecule has 2 nitrogen and oxygen atoms in total. The van der Waals surface area contributed by atoms with Crippen LogP contribution in [0.1, 0.15) is 37.6 Å². The van der Waals surface area contributed by atoms with Crippen LogP contribution >= 0.6 is 15.9 Å². The van der Waals surface area contributed by atoms with Gasteiger partial charge in [-0.3, -0.25) is 4.98 Å². The van der Waals surface area contributed by atoms with Crippen molar-refractivity contribution in [2.45, 2.75) is 32.7 Å². The number of hydrogen-bond acceptors (Lipinski definition) is 2. The smallest absolute Gasteiger partial charge is 0.0413 e. The zero-order chi connectivity index (χ0) is 15.1. The van der Waals surface area contributed by atoms with Crippen LogP contribution < -0.4 is 5.32 Å². The van der Waals surface area contributed by atoms with Gasteiger partial charge in [-0.05, 0) is 58.9 Å². The lowest BCUT2D eigenvalue weighted by Gasteiger charge is -2.25. The zero-order valence-corrected chi connectivity index (χ0v) is 14.3. The van der Waals surface area contributed by atoms with E-state index in [1.165, 1.54) is 5.56 Å². The van der Waals surface area contributed by atoms with Crippen molar-refractivity contribution in [2.75, 3.05) is 6.54 Å². The van der Waals surface area contributed by atoms with Crippen LogP contribution in [-0.2, 0) is 6.42 Å². The second-order valence-corrected chi connectivity index (χ2v) is 6.41. The summed E-state index contributed by atoms with van der Waals surface area (Å²) in [6.45, 7) is 5.54. The maximum atomic E-state index is 4.50. The normalized spacial score (nSPS) is 13.9. The van der Waals surface area contributed by atoms with Crippen LogP contribution in [0.2, 0.25) is 0 Å². The van der Waals surface area contributed by atoms with Crippen LogP contribution in [-0.4, -0.2) is 11.5 Å². The van der Waals surface area contributed by atoms with Gasteiger partial charge in [0.1, 0.15) is 0 Å². The summed E-state index contributed by atoms with van der Waals surface area (Å²) in [5, 5.41) is 3.68. The van der Waals surface area contributed by atoms with E-state index in [2.05, 4.69) is 82.5 Å². The van der Waals surface area contributed by atoms with Crippen molar-refractivity contribution in [3.05, 3.63) is 64.4 Å². The topological polar surface area (TPSA) is 24.9 Å². The Morgan fingerprint density at radius 3 is 2.52 bits per heavy atom. The Morgan fingerprint density at radius 2 is 1.90 bits per heavy atom. The lowest BCUT2D eigenvalue weighted by molar-refractivity contribution is 0.382. The summed E-state index contributed by atoms with van der Waals surface area (Å²) in [4.78, 5) is 4.50. The molecule has 1 aromatic heterocycles. The van der Waals surface area contributed by atoms with Crippen LogP contribution in [0.25, 0.3) is 0 Å². The lowest BCUT2D eigenvalue weighted by Crippen LogP contribution is -2.29. The Hall–Kier alpha value is -1.19. The Balaban J connectivity index is 2.10. The maximum absolute atomic E-state index is 4.50. The minimum Gasteiger partial charge on any atom is -0.310 e. The fourth-order valence-electron chi connectivity index (χ4n) is 2.58. The predicted octanol–water partition coefficient (Wildman–Crippen LogP) is 4.76. The molecule has 21 heavy (non-hydrogen) atoms. The van der Waals surface area contributed by atoms with E-state index in [0.29, 0.717) is 12.0 Å². The first-order valence-electron chi connectivity index (χ1n) is 7.59. The number of hydrogen-bond donors (Lipinski definition) is 1. The van der Waals surface area contributed by atoms with Crippen molar-refractivity contribution in [3.8, 4) is 0 Å². The highest BCUT2D eigenvalue weighted by Gasteiger charge is 2.19. The third kappa shape index (κ3) is 4.94. The standard InChI is InChI=1S/C18H23BrN2/c1-3-11-20-18(15-7-5-4-6-8-15)14(2)12-17-10-9-16(19)13-21-17/h4-10,13-14,18,20H,3,11-12H2,1-2H3. The molecular weight excluding hydrogens is 324 g/mol. The lowest BCUT2D eigenvalue weighted by atomic mass is 9.90. The molecule has 0 aliphatic heterocycles. The van der Waals surface area contributed by atoms with Gasteiger partial charge in [0.2, 0.25) is 0 Å². The Morgan fingerprint density at radius 1 is 1.14 bits per heavy atom. The Labute approximate surface area is 136 Å². The summed E-state index contributed by atoms with van der Waals surface area (Å²) in [6, 6.07) is 15.2. The first-order valence-corrected chi connectivity index (χ1v) is 8.38. The molecule has 0 radical (unpaired) electrons. The van der Waals surface area contributed by atoms with Gasteiger partial charge in [0.05, 0.1) is 0 Å². The van der Waals surface area contributed by atoms with Crippen molar-refractivity contribution in [1.29, 1.82) is 0 Å². The van der Waals surface area contributed by atoms with Crippen LogP contribution in [0.15, 0.2) is 53.1 Å². The van der Waals surface area contributed by atoms with Crippen LogP contribution in [0, 0.1) is 5.92 Å². The highest BCUT2D eigenvalue weighted by molar-refractivity contribution is 9.10. The molecule has 0 saturated carbocycles. The average molecular weight is 347 g/mol. The van der Waals surface area contributed by atoms with Crippen molar-refractivity contribution >= 4 is 15.9 Å². The van der Waals surface area contributed by atoms with Gasteiger partial charge in [-0.1, -0.05) is 44.2 Å². The van der Waals surface area contributed by atoms with Gasteiger partial charge < -0.3 is 5.32 Å². The molecule has 1 aromatic carbocycles. The predicted molar refractivity (Wildman–Crippen MR) is 92.3 cm³/mol. The van der Waals surface area contributed by atoms with E-state index in [0.717, 1.165) is 29.6 Å². The Bertz CT molecular complexity index is 525. The molecule has 2 unspecified atom stereocenters. The molecule has 0 bridgehead atoms. The quantitative estimate of drug-likeness (QED) is 0.781. The molecule has 112 valence electrons. The monoisotopic (exact) mass is 346 g/mol. The molecule has 3 heteroatoms. The molecule has 0 amide bonds. The van der Waals surface area contributed by atoms with E-state index >= 15 is 0 Å². The van der Waals surface area contributed by atoms with Gasteiger partial charge in [0, 0.05) is 22.4 Å². The van der Waals surface area contributed by atoms with E-state index in [1.807, 2.05) is 6.20 Å². The largest absolute Gasteiger partial charge is 0.310 e. The molecule has 0 aliphatic carbocycles. The van der Waals surface area contributed by atoms with Crippen LogP contribution in [0.4, 0.5) is 0 Å². The molecule has 0 fully saturated rings.